The number of hydrogen-bond acceptors (Lipinski definition) is 4. The highest BCUT2D eigenvalue weighted by atomic mass is 16.6. The van der Waals surface area contributed by atoms with Crippen LogP contribution in [0.4, 0.5) is 5.69 Å². The fourth-order valence-corrected chi connectivity index (χ4v) is 1.08. The first-order valence-electron chi connectivity index (χ1n) is 4.63. The van der Waals surface area contributed by atoms with Gasteiger partial charge in [-0.1, -0.05) is 12.1 Å². The van der Waals surface area contributed by atoms with Crippen molar-refractivity contribution in [1.82, 2.24) is 0 Å². The summed E-state index contributed by atoms with van der Waals surface area (Å²) < 4.78 is 0. The first-order chi connectivity index (χ1) is 8.11. The third-order valence-electron chi connectivity index (χ3n) is 1.74. The van der Waals surface area contributed by atoms with E-state index in [-0.39, 0.29) is 11.6 Å². The van der Waals surface area contributed by atoms with Crippen molar-refractivity contribution in [2.24, 2.45) is 21.7 Å². The minimum atomic E-state index is -0.452. The zero-order valence-electron chi connectivity index (χ0n) is 8.85. The average Bonchev–Trinajstić information content (AvgIpc) is 2.28. The molecule has 0 radical (unpaired) electrons. The summed E-state index contributed by atoms with van der Waals surface area (Å²) in [4.78, 5) is 10.2. The van der Waals surface area contributed by atoms with E-state index in [1.165, 1.54) is 18.4 Å². The molecule has 0 spiro atoms. The molecular formula is C10H11N5O2. The molecule has 0 unspecified atom stereocenters. The number of guanidine groups is 1. The maximum Gasteiger partial charge on any atom is 0.276 e. The van der Waals surface area contributed by atoms with Gasteiger partial charge in [-0.05, 0) is 18.2 Å². The highest BCUT2D eigenvalue weighted by Gasteiger charge is 2.08. The van der Waals surface area contributed by atoms with Gasteiger partial charge in [0, 0.05) is 12.3 Å². The van der Waals surface area contributed by atoms with Crippen molar-refractivity contribution < 1.29 is 4.92 Å². The van der Waals surface area contributed by atoms with E-state index in [0.717, 1.165) is 0 Å². The second kappa shape index (κ2) is 6.01. The largest absolute Gasteiger partial charge is 0.369 e. The van der Waals surface area contributed by atoms with Crippen LogP contribution < -0.4 is 11.5 Å². The van der Waals surface area contributed by atoms with Gasteiger partial charge in [0.1, 0.15) is 0 Å². The third kappa shape index (κ3) is 4.12. The maximum atomic E-state index is 10.7. The van der Waals surface area contributed by atoms with Crippen LogP contribution in [0, 0.1) is 10.1 Å². The summed E-state index contributed by atoms with van der Waals surface area (Å²) in [5.74, 6) is -0.152. The molecule has 7 nitrogen and oxygen atoms in total. The molecule has 0 atom stereocenters. The van der Waals surface area contributed by atoms with Crippen LogP contribution >= 0.6 is 0 Å². The number of allylic oxidation sites excluding steroid dienone is 1. The maximum absolute atomic E-state index is 10.7. The molecule has 0 fully saturated rings. The highest BCUT2D eigenvalue weighted by molar-refractivity contribution is 5.81. The van der Waals surface area contributed by atoms with Crippen LogP contribution in [0.25, 0.3) is 6.08 Å². The van der Waals surface area contributed by atoms with Gasteiger partial charge >= 0.3 is 0 Å². The molecule has 1 aromatic carbocycles. The van der Waals surface area contributed by atoms with Gasteiger partial charge in [-0.25, -0.2) is 0 Å². The molecule has 0 aliphatic carbocycles. The minimum Gasteiger partial charge on any atom is -0.369 e. The number of rotatable bonds is 4. The average molecular weight is 233 g/mol. The molecule has 1 rings (SSSR count). The first-order valence-corrected chi connectivity index (χ1v) is 4.63. The predicted octanol–water partition coefficient (Wildman–Crippen LogP) is 0.867. The van der Waals surface area contributed by atoms with E-state index >= 15 is 0 Å². The van der Waals surface area contributed by atoms with Crippen molar-refractivity contribution in [3.63, 3.8) is 0 Å². The Hall–Kier alpha value is -2.70. The van der Waals surface area contributed by atoms with E-state index < -0.39 is 4.92 Å². The van der Waals surface area contributed by atoms with Gasteiger partial charge < -0.3 is 11.5 Å². The van der Waals surface area contributed by atoms with Crippen LogP contribution in [0.15, 0.2) is 40.5 Å². The van der Waals surface area contributed by atoms with Gasteiger partial charge in [-0.15, -0.1) is 5.10 Å². The van der Waals surface area contributed by atoms with Crippen molar-refractivity contribution >= 4 is 23.9 Å². The molecule has 0 saturated carbocycles. The number of benzene rings is 1. The molecule has 0 aromatic heterocycles. The van der Waals surface area contributed by atoms with Gasteiger partial charge in [0.15, 0.2) is 0 Å². The lowest BCUT2D eigenvalue weighted by Crippen LogP contribution is -2.21. The van der Waals surface area contributed by atoms with Gasteiger partial charge in [0.2, 0.25) is 5.96 Å². The van der Waals surface area contributed by atoms with Crippen molar-refractivity contribution in [3.05, 3.63) is 46.0 Å². The molecule has 0 aliphatic rings. The Labute approximate surface area is 97.3 Å². The smallest absolute Gasteiger partial charge is 0.276 e. The van der Waals surface area contributed by atoms with E-state index in [1.54, 1.807) is 24.3 Å². The number of para-hydroxylation sites is 1. The van der Waals surface area contributed by atoms with Crippen molar-refractivity contribution in [3.8, 4) is 0 Å². The van der Waals surface area contributed by atoms with Crippen molar-refractivity contribution in [2.45, 2.75) is 0 Å². The van der Waals surface area contributed by atoms with Crippen molar-refractivity contribution in [1.29, 1.82) is 0 Å². The summed E-state index contributed by atoms with van der Waals surface area (Å²) in [6, 6.07) is 6.36. The topological polar surface area (TPSA) is 120 Å². The Kier molecular flexibility index (Phi) is 4.37. The molecule has 7 heteroatoms. The lowest BCUT2D eigenvalue weighted by Gasteiger charge is -1.94. The van der Waals surface area contributed by atoms with E-state index in [9.17, 15) is 10.1 Å². The van der Waals surface area contributed by atoms with E-state index in [1.807, 2.05) is 0 Å². The number of nitrogens with zero attached hydrogens (tertiary/aromatic N) is 3. The molecular weight excluding hydrogens is 222 g/mol. The van der Waals surface area contributed by atoms with Crippen LogP contribution in [0.1, 0.15) is 5.56 Å². The summed E-state index contributed by atoms with van der Waals surface area (Å²) in [6.07, 6.45) is 4.38. The summed E-state index contributed by atoms with van der Waals surface area (Å²) in [5.41, 5.74) is 10.6. The fraction of sp³-hybridized carbons (Fsp3) is 0. The zero-order valence-corrected chi connectivity index (χ0v) is 8.85. The lowest BCUT2D eigenvalue weighted by atomic mass is 10.2. The summed E-state index contributed by atoms with van der Waals surface area (Å²) >= 11 is 0. The Bertz CT molecular complexity index is 489. The number of nitrogens with two attached hydrogens (primary N) is 2. The molecule has 4 N–H and O–H groups in total. The molecule has 0 saturated heterocycles. The zero-order chi connectivity index (χ0) is 12.7. The Balaban J connectivity index is 2.81. The predicted molar refractivity (Wildman–Crippen MR) is 66.4 cm³/mol. The summed E-state index contributed by atoms with van der Waals surface area (Å²) in [7, 11) is 0. The second-order valence-corrected chi connectivity index (χ2v) is 2.96. The quantitative estimate of drug-likeness (QED) is 0.347. The summed E-state index contributed by atoms with van der Waals surface area (Å²) in [5, 5.41) is 17.6. The van der Waals surface area contributed by atoms with E-state index in [2.05, 4.69) is 10.2 Å². The number of nitro benzene ring substituents is 1. The Morgan fingerprint density at radius 3 is 2.71 bits per heavy atom. The van der Waals surface area contributed by atoms with Crippen LogP contribution in [0.2, 0.25) is 0 Å². The minimum absolute atomic E-state index is 0.0268. The second-order valence-electron chi connectivity index (χ2n) is 2.96. The van der Waals surface area contributed by atoms with E-state index in [4.69, 9.17) is 11.5 Å². The van der Waals surface area contributed by atoms with Crippen LogP contribution in [-0.2, 0) is 0 Å². The summed E-state index contributed by atoms with van der Waals surface area (Å²) in [6.45, 7) is 0. The molecule has 1 aromatic rings. The van der Waals surface area contributed by atoms with Crippen LogP contribution in [0.5, 0.6) is 0 Å². The third-order valence-corrected chi connectivity index (χ3v) is 1.74. The molecule has 0 amide bonds. The van der Waals surface area contributed by atoms with Crippen LogP contribution in [0.3, 0.4) is 0 Å². The van der Waals surface area contributed by atoms with Crippen molar-refractivity contribution in [2.75, 3.05) is 0 Å². The Morgan fingerprint density at radius 2 is 2.06 bits per heavy atom. The fourth-order valence-electron chi connectivity index (χ4n) is 1.08. The normalized spacial score (nSPS) is 10.8. The van der Waals surface area contributed by atoms with Gasteiger partial charge in [-0.2, -0.15) is 5.10 Å². The molecule has 88 valence electrons. The molecule has 0 aliphatic heterocycles. The number of hydrogen-bond donors (Lipinski definition) is 2. The number of nitro groups is 1. The molecule has 0 heterocycles. The lowest BCUT2D eigenvalue weighted by molar-refractivity contribution is -0.385. The van der Waals surface area contributed by atoms with Gasteiger partial charge in [-0.3, -0.25) is 10.1 Å². The SMILES string of the molecule is NC(N)=N/N=C/C=C/c1ccccc1[N+](=O)[O-]. The monoisotopic (exact) mass is 233 g/mol. The van der Waals surface area contributed by atoms with Crippen LogP contribution in [-0.4, -0.2) is 17.1 Å². The van der Waals surface area contributed by atoms with E-state index in [0.29, 0.717) is 5.56 Å². The Morgan fingerprint density at radius 1 is 1.35 bits per heavy atom. The van der Waals surface area contributed by atoms with Gasteiger partial charge in [0.05, 0.1) is 10.5 Å². The molecule has 0 bridgehead atoms. The molecule has 17 heavy (non-hydrogen) atoms. The first kappa shape index (κ1) is 12.4. The van der Waals surface area contributed by atoms with Gasteiger partial charge in [0.25, 0.3) is 5.69 Å². The highest BCUT2D eigenvalue weighted by Crippen LogP contribution is 2.18. The standard InChI is InChI=1S/C10H11N5O2/c11-10(12)14-13-7-3-5-8-4-1-2-6-9(8)15(16)17/h1-7H,(H4,11,12,14)/b5-3+,13-7+.